The second-order valence-corrected chi connectivity index (χ2v) is 6.41. The maximum absolute atomic E-state index is 12.6. The first-order valence-corrected chi connectivity index (χ1v) is 7.63. The molecule has 0 aromatic carbocycles. The summed E-state index contributed by atoms with van der Waals surface area (Å²) in [7, 11) is 1.93. The lowest BCUT2D eigenvalue weighted by Crippen LogP contribution is -2.41. The fraction of sp³-hybridized carbons (Fsp3) is 0.571. The molecule has 102 valence electrons. The molecule has 1 atom stereocenters. The Bertz CT molecular complexity index is 593. The molecule has 0 N–H and O–H groups in total. The molecule has 3 rings (SSSR count). The van der Waals surface area contributed by atoms with Crippen molar-refractivity contribution in [1.82, 2.24) is 14.7 Å². The van der Waals surface area contributed by atoms with E-state index in [-0.39, 0.29) is 5.91 Å². The van der Waals surface area contributed by atoms with Gasteiger partial charge in [0.15, 0.2) is 0 Å². The van der Waals surface area contributed by atoms with Crippen molar-refractivity contribution in [3.63, 3.8) is 0 Å². The quantitative estimate of drug-likeness (QED) is 0.803. The molecule has 4 nitrogen and oxygen atoms in total. The molecule has 0 bridgehead atoms. The second-order valence-electron chi connectivity index (χ2n) is 5.38. The first-order chi connectivity index (χ1) is 9.08. The number of amides is 1. The van der Waals surface area contributed by atoms with E-state index in [0.29, 0.717) is 6.04 Å². The van der Waals surface area contributed by atoms with Crippen LogP contribution in [0.1, 0.15) is 41.6 Å². The van der Waals surface area contributed by atoms with Crippen LogP contribution in [0.4, 0.5) is 0 Å². The average Bonchev–Trinajstić information content (AvgIpc) is 2.92. The highest BCUT2D eigenvalue weighted by molar-refractivity contribution is 7.20. The third-order valence-corrected chi connectivity index (χ3v) is 5.16. The Kier molecular flexibility index (Phi) is 3.09. The Balaban J connectivity index is 1.95. The monoisotopic (exact) mass is 277 g/mol. The average molecular weight is 277 g/mol. The number of aryl methyl sites for hydroxylation is 2. The van der Waals surface area contributed by atoms with E-state index in [2.05, 4.69) is 12.0 Å². The SMILES string of the molecule is Cc1nn(C)c2sc(C(=O)N3CCCCC3C)cc12. The van der Waals surface area contributed by atoms with Gasteiger partial charge in [0, 0.05) is 25.0 Å². The summed E-state index contributed by atoms with van der Waals surface area (Å²) < 4.78 is 1.87. The van der Waals surface area contributed by atoms with Crippen LogP contribution in [0, 0.1) is 6.92 Å². The number of fused-ring (bicyclic) bond motifs is 1. The van der Waals surface area contributed by atoms with E-state index in [0.717, 1.165) is 40.2 Å². The Morgan fingerprint density at radius 3 is 2.95 bits per heavy atom. The first kappa shape index (κ1) is 12.7. The van der Waals surface area contributed by atoms with Gasteiger partial charge in [-0.3, -0.25) is 9.48 Å². The fourth-order valence-corrected chi connectivity index (χ4v) is 3.93. The van der Waals surface area contributed by atoms with Crippen LogP contribution in [-0.4, -0.2) is 33.2 Å². The minimum atomic E-state index is 0.188. The predicted molar refractivity (Wildman–Crippen MR) is 77.7 cm³/mol. The Morgan fingerprint density at radius 1 is 1.47 bits per heavy atom. The maximum atomic E-state index is 12.6. The molecule has 19 heavy (non-hydrogen) atoms. The molecule has 5 heteroatoms. The van der Waals surface area contributed by atoms with Gasteiger partial charge >= 0.3 is 0 Å². The standard InChI is InChI=1S/C14H19N3OS/c1-9-6-4-5-7-17(9)13(18)12-8-11-10(2)15-16(3)14(11)19-12/h8-9H,4-7H2,1-3H3. The summed E-state index contributed by atoms with van der Waals surface area (Å²) in [5.74, 6) is 0.188. The van der Waals surface area contributed by atoms with Gasteiger partial charge in [-0.05, 0) is 39.2 Å². The highest BCUT2D eigenvalue weighted by Crippen LogP contribution is 2.30. The minimum absolute atomic E-state index is 0.188. The van der Waals surface area contributed by atoms with Crippen molar-refractivity contribution in [1.29, 1.82) is 0 Å². The van der Waals surface area contributed by atoms with Crippen LogP contribution in [0.15, 0.2) is 6.07 Å². The Morgan fingerprint density at radius 2 is 2.26 bits per heavy atom. The van der Waals surface area contributed by atoms with E-state index < -0.39 is 0 Å². The van der Waals surface area contributed by atoms with Crippen LogP contribution in [0.5, 0.6) is 0 Å². The summed E-state index contributed by atoms with van der Waals surface area (Å²) in [6.45, 7) is 5.04. The van der Waals surface area contributed by atoms with E-state index >= 15 is 0 Å². The Labute approximate surface area is 117 Å². The van der Waals surface area contributed by atoms with E-state index in [1.807, 2.05) is 29.6 Å². The molecule has 1 aliphatic rings. The van der Waals surface area contributed by atoms with Gasteiger partial charge in [-0.1, -0.05) is 0 Å². The molecule has 2 aromatic rings. The van der Waals surface area contributed by atoms with E-state index in [9.17, 15) is 4.79 Å². The summed E-state index contributed by atoms with van der Waals surface area (Å²) in [5.41, 5.74) is 1.000. The summed E-state index contributed by atoms with van der Waals surface area (Å²) in [5, 5.41) is 5.49. The summed E-state index contributed by atoms with van der Waals surface area (Å²) in [4.78, 5) is 16.6. The van der Waals surface area contributed by atoms with Gasteiger partial charge in [-0.2, -0.15) is 5.10 Å². The molecule has 1 saturated heterocycles. The number of aromatic nitrogens is 2. The molecule has 0 saturated carbocycles. The molecule has 1 unspecified atom stereocenters. The zero-order valence-electron chi connectivity index (χ0n) is 11.6. The first-order valence-electron chi connectivity index (χ1n) is 6.82. The number of rotatable bonds is 1. The van der Waals surface area contributed by atoms with E-state index in [1.165, 1.54) is 6.42 Å². The molecule has 0 spiro atoms. The molecule has 0 aliphatic carbocycles. The topological polar surface area (TPSA) is 38.1 Å². The fourth-order valence-electron chi connectivity index (χ4n) is 2.85. The number of piperidine rings is 1. The molecular weight excluding hydrogens is 258 g/mol. The summed E-state index contributed by atoms with van der Waals surface area (Å²) >= 11 is 1.56. The molecule has 1 amide bonds. The van der Waals surface area contributed by atoms with Gasteiger partial charge in [-0.15, -0.1) is 11.3 Å². The Hall–Kier alpha value is -1.36. The number of likely N-dealkylation sites (tertiary alicyclic amines) is 1. The summed E-state index contributed by atoms with van der Waals surface area (Å²) in [6.07, 6.45) is 3.49. The van der Waals surface area contributed by atoms with Crippen molar-refractivity contribution >= 4 is 27.5 Å². The van der Waals surface area contributed by atoms with Crippen molar-refractivity contribution in [3.8, 4) is 0 Å². The van der Waals surface area contributed by atoms with Crippen molar-refractivity contribution in [2.75, 3.05) is 6.54 Å². The molecular formula is C14H19N3OS. The second kappa shape index (κ2) is 4.63. The van der Waals surface area contributed by atoms with Gasteiger partial charge in [0.05, 0.1) is 10.6 Å². The van der Waals surface area contributed by atoms with Crippen molar-refractivity contribution in [3.05, 3.63) is 16.6 Å². The van der Waals surface area contributed by atoms with Crippen LogP contribution in [0.3, 0.4) is 0 Å². The van der Waals surface area contributed by atoms with Gasteiger partial charge < -0.3 is 4.90 Å². The lowest BCUT2D eigenvalue weighted by Gasteiger charge is -2.33. The molecule has 0 radical (unpaired) electrons. The van der Waals surface area contributed by atoms with Gasteiger partial charge in [0.2, 0.25) is 0 Å². The highest BCUT2D eigenvalue weighted by Gasteiger charge is 2.26. The third kappa shape index (κ3) is 2.06. The summed E-state index contributed by atoms with van der Waals surface area (Å²) in [6, 6.07) is 2.37. The number of carbonyl (C=O) groups excluding carboxylic acids is 1. The lowest BCUT2D eigenvalue weighted by atomic mass is 10.0. The van der Waals surface area contributed by atoms with Gasteiger partial charge in [-0.25, -0.2) is 0 Å². The molecule has 2 aromatic heterocycles. The zero-order valence-corrected chi connectivity index (χ0v) is 12.5. The third-order valence-electron chi connectivity index (χ3n) is 3.97. The smallest absolute Gasteiger partial charge is 0.264 e. The molecule has 1 fully saturated rings. The van der Waals surface area contributed by atoms with Crippen LogP contribution in [-0.2, 0) is 7.05 Å². The number of nitrogens with zero attached hydrogens (tertiary/aromatic N) is 3. The van der Waals surface area contributed by atoms with E-state index in [4.69, 9.17) is 0 Å². The van der Waals surface area contributed by atoms with Gasteiger partial charge in [0.25, 0.3) is 5.91 Å². The normalized spacial score (nSPS) is 20.2. The van der Waals surface area contributed by atoms with Crippen molar-refractivity contribution < 1.29 is 4.79 Å². The maximum Gasteiger partial charge on any atom is 0.264 e. The van der Waals surface area contributed by atoms with E-state index in [1.54, 1.807) is 11.3 Å². The zero-order chi connectivity index (χ0) is 13.6. The molecule has 1 aliphatic heterocycles. The number of carbonyl (C=O) groups is 1. The molecule has 3 heterocycles. The predicted octanol–water partition coefficient (Wildman–Crippen LogP) is 2.96. The largest absolute Gasteiger partial charge is 0.335 e. The lowest BCUT2D eigenvalue weighted by molar-refractivity contribution is 0.0641. The number of hydrogen-bond donors (Lipinski definition) is 0. The van der Waals surface area contributed by atoms with Crippen LogP contribution < -0.4 is 0 Å². The minimum Gasteiger partial charge on any atom is -0.335 e. The van der Waals surface area contributed by atoms with Crippen LogP contribution >= 0.6 is 11.3 Å². The van der Waals surface area contributed by atoms with Crippen molar-refractivity contribution in [2.45, 2.75) is 39.2 Å². The highest BCUT2D eigenvalue weighted by atomic mass is 32.1. The van der Waals surface area contributed by atoms with Crippen LogP contribution in [0.25, 0.3) is 10.2 Å². The number of thiophene rings is 1. The van der Waals surface area contributed by atoms with Crippen LogP contribution in [0.2, 0.25) is 0 Å². The number of hydrogen-bond acceptors (Lipinski definition) is 3. The van der Waals surface area contributed by atoms with Crippen molar-refractivity contribution in [2.24, 2.45) is 7.05 Å². The van der Waals surface area contributed by atoms with Gasteiger partial charge in [0.1, 0.15) is 4.83 Å².